The standard InChI is InChI=1S/C15H12ClFN2O/c16-11-8-10(5-6-12(11)17)18-15(20)14-7-9-3-1-2-4-13(9)19-14/h1-6,8,14,19H,7H2,(H,18,20). The van der Waals surface area contributed by atoms with E-state index in [9.17, 15) is 9.18 Å². The molecule has 0 saturated heterocycles. The molecule has 0 aromatic heterocycles. The largest absolute Gasteiger partial charge is 0.373 e. The Morgan fingerprint density at radius 3 is 2.85 bits per heavy atom. The number of hydrogen-bond acceptors (Lipinski definition) is 2. The number of hydrogen-bond donors (Lipinski definition) is 2. The van der Waals surface area contributed by atoms with Crippen molar-refractivity contribution in [2.24, 2.45) is 0 Å². The van der Waals surface area contributed by atoms with E-state index in [4.69, 9.17) is 11.6 Å². The fourth-order valence-corrected chi connectivity index (χ4v) is 2.44. The molecule has 20 heavy (non-hydrogen) atoms. The van der Waals surface area contributed by atoms with E-state index in [-0.39, 0.29) is 17.0 Å². The summed E-state index contributed by atoms with van der Waals surface area (Å²) in [4.78, 5) is 12.2. The van der Waals surface area contributed by atoms with Crippen molar-refractivity contribution >= 4 is 28.9 Å². The van der Waals surface area contributed by atoms with E-state index in [1.165, 1.54) is 18.2 Å². The summed E-state index contributed by atoms with van der Waals surface area (Å²) in [5.74, 6) is -0.667. The minimum absolute atomic E-state index is 0.00883. The number of halogens is 2. The van der Waals surface area contributed by atoms with Crippen LogP contribution in [0.3, 0.4) is 0 Å². The number of para-hydroxylation sites is 1. The molecule has 0 spiro atoms. The fraction of sp³-hybridized carbons (Fsp3) is 0.133. The fourth-order valence-electron chi connectivity index (χ4n) is 2.26. The van der Waals surface area contributed by atoms with Crippen LogP contribution < -0.4 is 10.6 Å². The summed E-state index contributed by atoms with van der Waals surface area (Å²) in [7, 11) is 0. The minimum atomic E-state index is -0.504. The second kappa shape index (κ2) is 5.13. The summed E-state index contributed by atoms with van der Waals surface area (Å²) in [6.45, 7) is 0. The number of fused-ring (bicyclic) bond motifs is 1. The third-order valence-corrected chi connectivity index (χ3v) is 3.56. The van der Waals surface area contributed by atoms with Crippen LogP contribution in [0.2, 0.25) is 5.02 Å². The van der Waals surface area contributed by atoms with Gasteiger partial charge in [0, 0.05) is 17.8 Å². The molecule has 1 atom stereocenters. The van der Waals surface area contributed by atoms with Gasteiger partial charge in [0.2, 0.25) is 5.91 Å². The van der Waals surface area contributed by atoms with Gasteiger partial charge in [-0.3, -0.25) is 4.79 Å². The molecular formula is C15H12ClFN2O. The van der Waals surface area contributed by atoms with Gasteiger partial charge in [-0.2, -0.15) is 0 Å². The van der Waals surface area contributed by atoms with Gasteiger partial charge in [0.15, 0.2) is 0 Å². The quantitative estimate of drug-likeness (QED) is 0.889. The highest BCUT2D eigenvalue weighted by Crippen LogP contribution is 2.26. The Kier molecular flexibility index (Phi) is 3.32. The van der Waals surface area contributed by atoms with Crippen LogP contribution in [-0.2, 0) is 11.2 Å². The molecule has 3 nitrogen and oxygen atoms in total. The van der Waals surface area contributed by atoms with Gasteiger partial charge in [-0.05, 0) is 29.8 Å². The second-order valence-corrected chi connectivity index (χ2v) is 5.08. The van der Waals surface area contributed by atoms with Crippen molar-refractivity contribution in [1.29, 1.82) is 0 Å². The normalized spacial score (nSPS) is 16.4. The average Bonchev–Trinajstić information content (AvgIpc) is 2.87. The molecule has 0 saturated carbocycles. The molecule has 1 aliphatic rings. The van der Waals surface area contributed by atoms with Crippen LogP contribution in [0.15, 0.2) is 42.5 Å². The molecule has 0 fully saturated rings. The monoisotopic (exact) mass is 290 g/mol. The Labute approximate surface area is 120 Å². The molecule has 1 amide bonds. The van der Waals surface area contributed by atoms with Gasteiger partial charge in [-0.15, -0.1) is 0 Å². The summed E-state index contributed by atoms with van der Waals surface area (Å²) < 4.78 is 13.1. The maximum absolute atomic E-state index is 13.1. The molecule has 2 N–H and O–H groups in total. The predicted octanol–water partition coefficient (Wildman–Crippen LogP) is 3.45. The number of nitrogens with one attached hydrogen (secondary N) is 2. The molecule has 0 aliphatic carbocycles. The summed E-state index contributed by atoms with van der Waals surface area (Å²) in [5.41, 5.74) is 2.58. The molecule has 102 valence electrons. The lowest BCUT2D eigenvalue weighted by atomic mass is 10.1. The minimum Gasteiger partial charge on any atom is -0.373 e. The van der Waals surface area contributed by atoms with Crippen molar-refractivity contribution in [2.45, 2.75) is 12.5 Å². The maximum Gasteiger partial charge on any atom is 0.247 e. The van der Waals surface area contributed by atoms with E-state index in [0.29, 0.717) is 12.1 Å². The molecule has 2 aromatic carbocycles. The third-order valence-electron chi connectivity index (χ3n) is 3.27. The van der Waals surface area contributed by atoms with Crippen LogP contribution in [0.4, 0.5) is 15.8 Å². The number of anilines is 2. The summed E-state index contributed by atoms with van der Waals surface area (Å²) in [6, 6.07) is 11.6. The Hall–Kier alpha value is -2.07. The number of carbonyl (C=O) groups excluding carboxylic acids is 1. The molecule has 5 heteroatoms. The first-order valence-corrected chi connectivity index (χ1v) is 6.61. The summed E-state index contributed by atoms with van der Waals surface area (Å²) in [5, 5.41) is 5.89. The van der Waals surface area contributed by atoms with Crippen molar-refractivity contribution in [3.63, 3.8) is 0 Å². The number of benzene rings is 2. The second-order valence-electron chi connectivity index (χ2n) is 4.68. The van der Waals surface area contributed by atoms with Gasteiger partial charge in [0.05, 0.1) is 5.02 Å². The summed E-state index contributed by atoms with van der Waals surface area (Å²) >= 11 is 5.69. The summed E-state index contributed by atoms with van der Waals surface area (Å²) in [6.07, 6.45) is 0.636. The van der Waals surface area contributed by atoms with Crippen LogP contribution in [0.1, 0.15) is 5.56 Å². The SMILES string of the molecule is O=C(Nc1ccc(F)c(Cl)c1)C1Cc2ccccc2N1. The molecule has 2 aromatic rings. The highest BCUT2D eigenvalue weighted by molar-refractivity contribution is 6.31. The molecule has 1 aliphatic heterocycles. The van der Waals surface area contributed by atoms with Crippen LogP contribution >= 0.6 is 11.6 Å². The first-order valence-electron chi connectivity index (χ1n) is 6.24. The third kappa shape index (κ3) is 2.47. The van der Waals surface area contributed by atoms with Crippen molar-refractivity contribution in [2.75, 3.05) is 10.6 Å². The van der Waals surface area contributed by atoms with Crippen molar-refractivity contribution < 1.29 is 9.18 Å². The van der Waals surface area contributed by atoms with E-state index in [1.54, 1.807) is 0 Å². The topological polar surface area (TPSA) is 41.1 Å². The lowest BCUT2D eigenvalue weighted by Crippen LogP contribution is -2.32. The van der Waals surface area contributed by atoms with E-state index in [2.05, 4.69) is 10.6 Å². The van der Waals surface area contributed by atoms with Crippen molar-refractivity contribution in [3.05, 3.63) is 58.9 Å². The zero-order chi connectivity index (χ0) is 14.1. The van der Waals surface area contributed by atoms with Crippen LogP contribution in [0, 0.1) is 5.82 Å². The Morgan fingerprint density at radius 2 is 2.10 bits per heavy atom. The zero-order valence-electron chi connectivity index (χ0n) is 10.5. The molecular weight excluding hydrogens is 279 g/mol. The lowest BCUT2D eigenvalue weighted by molar-refractivity contribution is -0.116. The molecule has 3 rings (SSSR count). The molecule has 1 unspecified atom stereocenters. The van der Waals surface area contributed by atoms with Crippen molar-refractivity contribution in [3.8, 4) is 0 Å². The number of rotatable bonds is 2. The van der Waals surface area contributed by atoms with Crippen molar-refractivity contribution in [1.82, 2.24) is 0 Å². The molecule has 0 radical (unpaired) electrons. The number of carbonyl (C=O) groups is 1. The van der Waals surface area contributed by atoms with Gasteiger partial charge in [0.25, 0.3) is 0 Å². The van der Waals surface area contributed by atoms with Gasteiger partial charge < -0.3 is 10.6 Å². The average molecular weight is 291 g/mol. The Balaban J connectivity index is 1.71. The number of amides is 1. The van der Waals surface area contributed by atoms with E-state index in [1.807, 2.05) is 24.3 Å². The van der Waals surface area contributed by atoms with E-state index < -0.39 is 5.82 Å². The van der Waals surface area contributed by atoms with E-state index >= 15 is 0 Å². The molecule has 0 bridgehead atoms. The highest BCUT2D eigenvalue weighted by Gasteiger charge is 2.26. The van der Waals surface area contributed by atoms with Crippen LogP contribution in [-0.4, -0.2) is 11.9 Å². The Morgan fingerprint density at radius 1 is 1.30 bits per heavy atom. The predicted molar refractivity (Wildman–Crippen MR) is 77.6 cm³/mol. The van der Waals surface area contributed by atoms with Gasteiger partial charge >= 0.3 is 0 Å². The lowest BCUT2D eigenvalue weighted by Gasteiger charge is -2.12. The first kappa shape index (κ1) is 12.9. The van der Waals surface area contributed by atoms with Crippen LogP contribution in [0.5, 0.6) is 0 Å². The first-order chi connectivity index (χ1) is 9.63. The Bertz CT molecular complexity index is 650. The van der Waals surface area contributed by atoms with E-state index in [0.717, 1.165) is 11.3 Å². The van der Waals surface area contributed by atoms with Gasteiger partial charge in [-0.1, -0.05) is 29.8 Å². The van der Waals surface area contributed by atoms with Gasteiger partial charge in [0.1, 0.15) is 11.9 Å². The van der Waals surface area contributed by atoms with Gasteiger partial charge in [-0.25, -0.2) is 4.39 Å². The van der Waals surface area contributed by atoms with Crippen LogP contribution in [0.25, 0.3) is 0 Å². The smallest absolute Gasteiger partial charge is 0.247 e. The molecule has 1 heterocycles. The maximum atomic E-state index is 13.1. The highest BCUT2D eigenvalue weighted by atomic mass is 35.5. The zero-order valence-corrected chi connectivity index (χ0v) is 11.2.